The van der Waals surface area contributed by atoms with E-state index in [9.17, 15) is 13.6 Å². The third-order valence-corrected chi connectivity index (χ3v) is 5.51. The zero-order valence-electron chi connectivity index (χ0n) is 13.8. The molecule has 2 heterocycles. The first-order chi connectivity index (χ1) is 11.9. The second-order valence-corrected chi connectivity index (χ2v) is 7.88. The Kier molecular flexibility index (Phi) is 5.41. The molecule has 0 fully saturated rings. The van der Waals surface area contributed by atoms with Crippen LogP contribution in [0, 0.1) is 11.6 Å². The summed E-state index contributed by atoms with van der Waals surface area (Å²) in [6.45, 7) is 1.07. The summed E-state index contributed by atoms with van der Waals surface area (Å²) in [6.07, 6.45) is 0.262. The van der Waals surface area contributed by atoms with Crippen molar-refractivity contribution in [3.05, 3.63) is 46.2 Å². The summed E-state index contributed by atoms with van der Waals surface area (Å²) in [4.78, 5) is 21.5. The molecule has 0 saturated carbocycles. The van der Waals surface area contributed by atoms with Crippen LogP contribution in [0.25, 0.3) is 10.2 Å². The highest BCUT2D eigenvalue weighted by atomic mass is 32.1. The average Bonchev–Trinajstić information content (AvgIpc) is 3.16. The molecule has 1 amide bonds. The number of aromatic nitrogens is 1. The van der Waals surface area contributed by atoms with Gasteiger partial charge in [-0.1, -0.05) is 17.4 Å². The first-order valence-electron chi connectivity index (χ1n) is 7.67. The fraction of sp³-hybridized carbons (Fsp3) is 0.294. The number of benzene rings is 1. The van der Waals surface area contributed by atoms with Crippen LogP contribution in [0.2, 0.25) is 0 Å². The number of carbonyl (C=O) groups excluding carboxylic acids is 1. The van der Waals surface area contributed by atoms with E-state index in [0.29, 0.717) is 22.9 Å². The zero-order chi connectivity index (χ0) is 18.0. The van der Waals surface area contributed by atoms with Crippen molar-refractivity contribution in [3.63, 3.8) is 0 Å². The van der Waals surface area contributed by atoms with E-state index in [0.717, 1.165) is 22.3 Å². The Hall–Kier alpha value is -1.90. The van der Waals surface area contributed by atoms with Crippen molar-refractivity contribution < 1.29 is 13.6 Å². The Labute approximate surface area is 152 Å². The smallest absolute Gasteiger partial charge is 0.234 e. The van der Waals surface area contributed by atoms with Crippen LogP contribution in [-0.4, -0.2) is 43.0 Å². The van der Waals surface area contributed by atoms with Gasteiger partial charge in [0.25, 0.3) is 0 Å². The molecular formula is C17H17F2N3OS2. The number of nitrogens with zero attached hydrogens (tertiary/aromatic N) is 3. The molecule has 132 valence electrons. The first kappa shape index (κ1) is 17.9. The Bertz CT molecular complexity index is 878. The van der Waals surface area contributed by atoms with Gasteiger partial charge in [-0.3, -0.25) is 9.69 Å². The maximum Gasteiger partial charge on any atom is 0.234 e. The molecular weight excluding hydrogens is 364 g/mol. The Morgan fingerprint density at radius 2 is 2.04 bits per heavy atom. The van der Waals surface area contributed by atoms with Gasteiger partial charge in [-0.05, 0) is 31.6 Å². The van der Waals surface area contributed by atoms with Gasteiger partial charge in [0.1, 0.15) is 11.3 Å². The predicted molar refractivity (Wildman–Crippen MR) is 98.5 cm³/mol. The van der Waals surface area contributed by atoms with Crippen LogP contribution in [-0.2, 0) is 11.2 Å². The van der Waals surface area contributed by atoms with Crippen molar-refractivity contribution in [2.75, 3.05) is 32.1 Å². The summed E-state index contributed by atoms with van der Waals surface area (Å²) in [5, 5.41) is 2.31. The largest absolute Gasteiger partial charge is 0.308 e. The van der Waals surface area contributed by atoms with E-state index in [-0.39, 0.29) is 17.8 Å². The summed E-state index contributed by atoms with van der Waals surface area (Å²) in [7, 11) is 3.82. The van der Waals surface area contributed by atoms with Crippen molar-refractivity contribution in [3.8, 4) is 0 Å². The van der Waals surface area contributed by atoms with Crippen molar-refractivity contribution in [1.29, 1.82) is 0 Å². The standard InChI is InChI=1S/C17H17F2N3OS2/c1-21(2)5-6-22(15(23)10-12-4-3-7-24-12)17-20-16-13(19)8-11(18)9-14(16)25-17/h3-4,7-9H,5-6,10H2,1-2H3. The quantitative estimate of drug-likeness (QED) is 0.652. The van der Waals surface area contributed by atoms with Crippen LogP contribution < -0.4 is 4.90 Å². The van der Waals surface area contributed by atoms with Crippen LogP contribution in [0.1, 0.15) is 4.88 Å². The zero-order valence-corrected chi connectivity index (χ0v) is 15.5. The van der Waals surface area contributed by atoms with Gasteiger partial charge in [0.05, 0.1) is 11.1 Å². The SMILES string of the molecule is CN(C)CCN(C(=O)Cc1cccs1)c1nc2c(F)cc(F)cc2s1. The van der Waals surface area contributed by atoms with Crippen LogP contribution in [0.15, 0.2) is 29.6 Å². The van der Waals surface area contributed by atoms with Crippen molar-refractivity contribution in [2.45, 2.75) is 6.42 Å². The molecule has 0 N–H and O–H groups in total. The molecule has 1 aromatic carbocycles. The lowest BCUT2D eigenvalue weighted by Gasteiger charge is -2.21. The summed E-state index contributed by atoms with van der Waals surface area (Å²) in [6, 6.07) is 5.85. The number of hydrogen-bond donors (Lipinski definition) is 0. The lowest BCUT2D eigenvalue weighted by molar-refractivity contribution is -0.118. The molecule has 0 aliphatic heterocycles. The van der Waals surface area contributed by atoms with E-state index in [1.807, 2.05) is 36.5 Å². The fourth-order valence-electron chi connectivity index (χ4n) is 2.35. The monoisotopic (exact) mass is 381 g/mol. The van der Waals surface area contributed by atoms with Crippen LogP contribution in [0.4, 0.5) is 13.9 Å². The Morgan fingerprint density at radius 1 is 1.24 bits per heavy atom. The highest BCUT2D eigenvalue weighted by Gasteiger charge is 2.21. The molecule has 0 aliphatic carbocycles. The molecule has 8 heteroatoms. The lowest BCUT2D eigenvalue weighted by Crippen LogP contribution is -2.37. The minimum absolute atomic E-state index is 0.0974. The van der Waals surface area contributed by atoms with E-state index < -0.39 is 11.6 Å². The molecule has 0 spiro atoms. The van der Waals surface area contributed by atoms with Crippen molar-refractivity contribution >= 4 is 43.9 Å². The summed E-state index contributed by atoms with van der Waals surface area (Å²) < 4.78 is 27.8. The molecule has 25 heavy (non-hydrogen) atoms. The molecule has 0 atom stereocenters. The maximum atomic E-state index is 13.9. The summed E-state index contributed by atoms with van der Waals surface area (Å²) in [5.74, 6) is -1.47. The number of thiophene rings is 1. The lowest BCUT2D eigenvalue weighted by atomic mass is 10.3. The number of fused-ring (bicyclic) bond motifs is 1. The molecule has 2 aromatic heterocycles. The highest BCUT2D eigenvalue weighted by Crippen LogP contribution is 2.31. The molecule has 0 aliphatic rings. The van der Waals surface area contributed by atoms with Gasteiger partial charge in [-0.25, -0.2) is 13.8 Å². The van der Waals surface area contributed by atoms with Gasteiger partial charge in [-0.2, -0.15) is 0 Å². The number of anilines is 1. The van der Waals surface area contributed by atoms with Crippen molar-refractivity contribution in [2.24, 2.45) is 0 Å². The fourth-order valence-corrected chi connectivity index (χ4v) is 4.09. The molecule has 0 saturated heterocycles. The maximum absolute atomic E-state index is 13.9. The third kappa shape index (κ3) is 4.20. The van der Waals surface area contributed by atoms with Crippen molar-refractivity contribution in [1.82, 2.24) is 9.88 Å². The van der Waals surface area contributed by atoms with E-state index in [1.54, 1.807) is 4.90 Å². The third-order valence-electron chi connectivity index (χ3n) is 3.61. The van der Waals surface area contributed by atoms with Gasteiger partial charge in [0, 0.05) is 24.0 Å². The summed E-state index contributed by atoms with van der Waals surface area (Å²) >= 11 is 2.64. The second kappa shape index (κ2) is 7.55. The minimum Gasteiger partial charge on any atom is -0.308 e. The number of halogens is 2. The summed E-state index contributed by atoms with van der Waals surface area (Å²) in [5.41, 5.74) is 0.0974. The van der Waals surface area contributed by atoms with Gasteiger partial charge in [0.2, 0.25) is 5.91 Å². The number of hydrogen-bond acceptors (Lipinski definition) is 5. The number of amides is 1. The molecule has 4 nitrogen and oxygen atoms in total. The normalized spacial score (nSPS) is 11.4. The Morgan fingerprint density at radius 3 is 2.72 bits per heavy atom. The van der Waals surface area contributed by atoms with E-state index in [1.165, 1.54) is 17.4 Å². The van der Waals surface area contributed by atoms with E-state index in [2.05, 4.69) is 4.98 Å². The number of carbonyl (C=O) groups is 1. The first-order valence-corrected chi connectivity index (χ1v) is 9.36. The van der Waals surface area contributed by atoms with Gasteiger partial charge in [0.15, 0.2) is 10.9 Å². The topological polar surface area (TPSA) is 36.4 Å². The van der Waals surface area contributed by atoms with Crippen LogP contribution >= 0.6 is 22.7 Å². The van der Waals surface area contributed by atoms with E-state index >= 15 is 0 Å². The van der Waals surface area contributed by atoms with E-state index in [4.69, 9.17) is 0 Å². The number of likely N-dealkylation sites (N-methyl/N-ethyl adjacent to an activating group) is 1. The molecule has 3 rings (SSSR count). The predicted octanol–water partition coefficient (Wildman–Crippen LogP) is 3.77. The van der Waals surface area contributed by atoms with Gasteiger partial charge < -0.3 is 4.90 Å². The molecule has 3 aromatic rings. The van der Waals surface area contributed by atoms with Crippen LogP contribution in [0.3, 0.4) is 0 Å². The minimum atomic E-state index is -0.712. The van der Waals surface area contributed by atoms with Crippen LogP contribution in [0.5, 0.6) is 0 Å². The number of rotatable bonds is 6. The molecule has 0 radical (unpaired) electrons. The van der Waals surface area contributed by atoms with Gasteiger partial charge in [-0.15, -0.1) is 11.3 Å². The molecule has 0 unspecified atom stereocenters. The van der Waals surface area contributed by atoms with Gasteiger partial charge >= 0.3 is 0 Å². The number of thiazole rings is 1. The molecule has 0 bridgehead atoms. The average molecular weight is 381 g/mol. The second-order valence-electron chi connectivity index (χ2n) is 5.84. The Balaban J connectivity index is 1.93. The highest BCUT2D eigenvalue weighted by molar-refractivity contribution is 7.22.